The topological polar surface area (TPSA) is 78.4 Å². The van der Waals surface area contributed by atoms with Gasteiger partial charge >= 0.3 is 0 Å². The average molecular weight is 368 g/mol. The Morgan fingerprint density at radius 1 is 1.24 bits per heavy atom. The predicted octanol–water partition coefficient (Wildman–Crippen LogP) is 1.50. The van der Waals surface area contributed by atoms with E-state index in [0.717, 1.165) is 25.9 Å². The molecule has 2 aliphatic heterocycles. The van der Waals surface area contributed by atoms with Crippen molar-refractivity contribution in [3.63, 3.8) is 0 Å². The molecule has 0 atom stereocenters. The molecule has 8 heteroatoms. The van der Waals surface area contributed by atoms with Gasteiger partial charge in [0.1, 0.15) is 17.2 Å². The maximum atomic E-state index is 12.6. The fourth-order valence-corrected chi connectivity index (χ4v) is 3.47. The average Bonchev–Trinajstić information content (AvgIpc) is 3.18. The Kier molecular flexibility index (Phi) is 7.58. The Bertz CT molecular complexity index is 584. The third-order valence-corrected chi connectivity index (χ3v) is 5.13. The number of halogens is 1. The van der Waals surface area contributed by atoms with Crippen LogP contribution in [0, 0.1) is 6.92 Å². The number of hydrogen-bond donors (Lipinski definition) is 1. The van der Waals surface area contributed by atoms with Crippen molar-refractivity contribution in [3.8, 4) is 0 Å². The van der Waals surface area contributed by atoms with E-state index in [-0.39, 0.29) is 5.91 Å². The van der Waals surface area contributed by atoms with Crippen LogP contribution in [0.25, 0.3) is 0 Å². The lowest BCUT2D eigenvalue weighted by Crippen LogP contribution is -2.46. The van der Waals surface area contributed by atoms with Crippen LogP contribution in [0.2, 0.25) is 5.15 Å². The number of nitrogens with one attached hydrogen (secondary N) is 1. The van der Waals surface area contributed by atoms with Gasteiger partial charge in [-0.2, -0.15) is 0 Å². The van der Waals surface area contributed by atoms with Gasteiger partial charge in [-0.05, 0) is 45.7 Å². The summed E-state index contributed by atoms with van der Waals surface area (Å²) in [6.45, 7) is 5.85. The van der Waals surface area contributed by atoms with E-state index in [1.54, 1.807) is 14.0 Å². The summed E-state index contributed by atoms with van der Waals surface area (Å²) in [6, 6.07) is 0.645. The fraction of sp³-hybridized carbons (Fsp3) is 0.647. The van der Waals surface area contributed by atoms with E-state index >= 15 is 0 Å². The molecule has 0 aromatic carbocycles. The van der Waals surface area contributed by atoms with Gasteiger partial charge in [-0.15, -0.1) is 0 Å². The Balaban J connectivity index is 0.000000511. The number of carbonyl (C=O) groups is 2. The second-order valence-electron chi connectivity index (χ2n) is 6.31. The molecule has 138 valence electrons. The molecule has 0 unspecified atom stereocenters. The first kappa shape index (κ1) is 19.6. The molecule has 2 amide bonds. The highest BCUT2D eigenvalue weighted by Crippen LogP contribution is 2.23. The lowest BCUT2D eigenvalue weighted by Gasteiger charge is -2.36. The molecular weight excluding hydrogens is 342 g/mol. The summed E-state index contributed by atoms with van der Waals surface area (Å²) < 4.78 is 0. The predicted molar refractivity (Wildman–Crippen MR) is 96.6 cm³/mol. The largest absolute Gasteiger partial charge is 0.362 e. The molecule has 3 heterocycles. The van der Waals surface area contributed by atoms with Gasteiger partial charge in [0.25, 0.3) is 5.91 Å². The zero-order valence-corrected chi connectivity index (χ0v) is 15.6. The third-order valence-electron chi connectivity index (χ3n) is 4.75. The Morgan fingerprint density at radius 2 is 1.84 bits per heavy atom. The third kappa shape index (κ3) is 5.12. The van der Waals surface area contributed by atoms with Crippen LogP contribution in [0.3, 0.4) is 0 Å². The number of amides is 2. The van der Waals surface area contributed by atoms with E-state index in [1.165, 1.54) is 32.3 Å². The summed E-state index contributed by atoms with van der Waals surface area (Å²) in [5, 5.41) is 2.61. The van der Waals surface area contributed by atoms with Gasteiger partial charge in [-0.3, -0.25) is 9.59 Å². The highest BCUT2D eigenvalue weighted by molar-refractivity contribution is 6.30. The van der Waals surface area contributed by atoms with E-state index in [1.807, 2.05) is 4.90 Å². The van der Waals surface area contributed by atoms with E-state index in [4.69, 9.17) is 16.4 Å². The van der Waals surface area contributed by atoms with Crippen molar-refractivity contribution in [1.29, 1.82) is 0 Å². The summed E-state index contributed by atoms with van der Waals surface area (Å²) >= 11 is 5.98. The molecule has 3 rings (SSSR count). The van der Waals surface area contributed by atoms with Crippen molar-refractivity contribution >= 4 is 23.9 Å². The molecule has 1 aromatic rings. The lowest BCUT2D eigenvalue weighted by molar-refractivity contribution is -0.109. The number of aromatic nitrogens is 2. The Hall–Kier alpha value is -1.73. The summed E-state index contributed by atoms with van der Waals surface area (Å²) in [6.07, 6.45) is 6.74. The maximum absolute atomic E-state index is 12.6. The van der Waals surface area contributed by atoms with Gasteiger partial charge in [0, 0.05) is 31.7 Å². The maximum Gasteiger partial charge on any atom is 0.272 e. The molecule has 2 fully saturated rings. The molecule has 2 aliphatic rings. The first-order chi connectivity index (χ1) is 12.1. The van der Waals surface area contributed by atoms with Gasteiger partial charge in [0.15, 0.2) is 0 Å². The van der Waals surface area contributed by atoms with Crippen molar-refractivity contribution in [2.45, 2.75) is 38.6 Å². The van der Waals surface area contributed by atoms with E-state index in [0.29, 0.717) is 28.9 Å². The molecule has 0 saturated carbocycles. The molecule has 0 radical (unpaired) electrons. The first-order valence-electron chi connectivity index (χ1n) is 8.69. The smallest absolute Gasteiger partial charge is 0.272 e. The molecule has 1 N–H and O–H groups in total. The molecule has 2 saturated heterocycles. The zero-order valence-electron chi connectivity index (χ0n) is 14.9. The van der Waals surface area contributed by atoms with Crippen LogP contribution in [-0.2, 0) is 4.79 Å². The first-order valence-corrected chi connectivity index (χ1v) is 9.07. The second kappa shape index (κ2) is 9.68. The molecule has 0 aliphatic carbocycles. The van der Waals surface area contributed by atoms with Crippen molar-refractivity contribution < 1.29 is 9.59 Å². The number of nitrogens with zero attached hydrogens (tertiary/aromatic N) is 4. The molecule has 25 heavy (non-hydrogen) atoms. The molecule has 0 spiro atoms. The van der Waals surface area contributed by atoms with Gasteiger partial charge < -0.3 is 15.1 Å². The monoisotopic (exact) mass is 367 g/mol. The van der Waals surface area contributed by atoms with Gasteiger partial charge in [-0.1, -0.05) is 11.6 Å². The minimum absolute atomic E-state index is 0.0170. The highest BCUT2D eigenvalue weighted by atomic mass is 35.5. The molecule has 0 bridgehead atoms. The van der Waals surface area contributed by atoms with Crippen LogP contribution in [0.15, 0.2) is 6.33 Å². The highest BCUT2D eigenvalue weighted by Gasteiger charge is 2.29. The van der Waals surface area contributed by atoms with Gasteiger partial charge in [-0.25, -0.2) is 9.97 Å². The second-order valence-corrected chi connectivity index (χ2v) is 6.67. The summed E-state index contributed by atoms with van der Waals surface area (Å²) in [7, 11) is 1.56. The van der Waals surface area contributed by atoms with Crippen LogP contribution in [-0.4, -0.2) is 71.4 Å². The van der Waals surface area contributed by atoms with Crippen LogP contribution < -0.4 is 5.32 Å². The minimum atomic E-state index is -0.0170. The summed E-state index contributed by atoms with van der Waals surface area (Å²) in [4.78, 5) is 34.1. The molecule has 7 nitrogen and oxygen atoms in total. The van der Waals surface area contributed by atoms with Gasteiger partial charge in [0.05, 0.1) is 0 Å². The van der Waals surface area contributed by atoms with E-state index in [2.05, 4.69) is 20.2 Å². The van der Waals surface area contributed by atoms with Crippen molar-refractivity contribution in [1.82, 2.24) is 25.1 Å². The fourth-order valence-electron chi connectivity index (χ4n) is 3.33. The molecule has 1 aromatic heterocycles. The van der Waals surface area contributed by atoms with Crippen LogP contribution in [0.5, 0.6) is 0 Å². The number of rotatable bonds is 3. The van der Waals surface area contributed by atoms with E-state index in [9.17, 15) is 4.79 Å². The van der Waals surface area contributed by atoms with Crippen LogP contribution in [0.1, 0.15) is 41.7 Å². The van der Waals surface area contributed by atoms with Crippen molar-refractivity contribution in [2.24, 2.45) is 0 Å². The molecular formula is C17H26ClN5O2. The van der Waals surface area contributed by atoms with Crippen molar-refractivity contribution in [2.75, 3.05) is 33.2 Å². The number of piperidine rings is 1. The quantitative estimate of drug-likeness (QED) is 0.647. The number of likely N-dealkylation sites (tertiary alicyclic amines) is 2. The summed E-state index contributed by atoms with van der Waals surface area (Å²) in [5.74, 6) is -0.0170. The van der Waals surface area contributed by atoms with Crippen LogP contribution in [0.4, 0.5) is 0 Å². The normalized spacial score (nSPS) is 18.4. The Morgan fingerprint density at radius 3 is 2.40 bits per heavy atom. The summed E-state index contributed by atoms with van der Waals surface area (Å²) in [5.41, 5.74) is 1.11. The van der Waals surface area contributed by atoms with Gasteiger partial charge in [0.2, 0.25) is 6.41 Å². The van der Waals surface area contributed by atoms with Crippen LogP contribution >= 0.6 is 11.6 Å². The van der Waals surface area contributed by atoms with E-state index < -0.39 is 0 Å². The zero-order chi connectivity index (χ0) is 18.2. The standard InChI is InChI=1S/C15H21ClN4O.C2H5NO/c1-11-13(17-10-18-14(11)16)15(21)20-8-4-12(5-9-20)19-6-2-3-7-19;1-3-2-4/h10,12H,2-9H2,1H3;2H,1H3,(H,3,4). The lowest BCUT2D eigenvalue weighted by atomic mass is 10.0. The minimum Gasteiger partial charge on any atom is -0.362 e. The van der Waals surface area contributed by atoms with Crippen molar-refractivity contribution in [3.05, 3.63) is 22.7 Å². The Labute approximate surface area is 153 Å². The number of carbonyl (C=O) groups excluding carboxylic acids is 2. The number of hydrogen-bond acceptors (Lipinski definition) is 5. The SMILES string of the molecule is CNC=O.Cc1c(Cl)ncnc1C(=O)N1CCC(N2CCCC2)CC1.